The maximum atomic E-state index is 12.6. The molecule has 0 aliphatic rings. The molecule has 0 radical (unpaired) electrons. The van der Waals surface area contributed by atoms with Crippen LogP contribution in [0, 0.1) is 0 Å². The van der Waals surface area contributed by atoms with E-state index in [1.54, 1.807) is 18.2 Å². The second kappa shape index (κ2) is 7.66. The number of alkyl halides is 3. The predicted molar refractivity (Wildman–Crippen MR) is 88.7 cm³/mol. The third-order valence-electron chi connectivity index (χ3n) is 3.56. The highest BCUT2D eigenvalue weighted by Crippen LogP contribution is 2.29. The van der Waals surface area contributed by atoms with E-state index in [0.717, 1.165) is 4.47 Å². The summed E-state index contributed by atoms with van der Waals surface area (Å²) in [7, 11) is -2.72. The van der Waals surface area contributed by atoms with Crippen molar-refractivity contribution in [2.45, 2.75) is 17.6 Å². The van der Waals surface area contributed by atoms with Gasteiger partial charge in [0, 0.05) is 11.8 Å². The summed E-state index contributed by atoms with van der Waals surface area (Å²) in [4.78, 5) is 12.3. The molecule has 0 unspecified atom stereocenters. The van der Waals surface area contributed by atoms with Crippen molar-refractivity contribution in [1.29, 1.82) is 0 Å². The Kier molecular flexibility index (Phi) is 5.45. The minimum atomic E-state index is -4.75. The summed E-state index contributed by atoms with van der Waals surface area (Å²) in [5.41, 5.74) is 0.475. The Hall–Kier alpha value is -2.83. The van der Waals surface area contributed by atoms with Crippen LogP contribution in [0.2, 0.25) is 0 Å². The average Bonchev–Trinajstić information content (AvgIpc) is 3.18. The number of nitrogens with zero attached hydrogens (tertiary/aromatic N) is 4. The van der Waals surface area contributed by atoms with E-state index >= 15 is 0 Å². The molecule has 2 aromatic heterocycles. The Bertz CT molecular complexity index is 1040. The van der Waals surface area contributed by atoms with Crippen LogP contribution in [0.4, 0.5) is 13.2 Å². The van der Waals surface area contributed by atoms with Gasteiger partial charge in [0.05, 0.1) is 24.2 Å². The molecule has 3 rings (SSSR count). The van der Waals surface area contributed by atoms with E-state index in [2.05, 4.69) is 19.6 Å². The van der Waals surface area contributed by atoms with Crippen LogP contribution in [0.3, 0.4) is 0 Å². The van der Waals surface area contributed by atoms with Crippen LogP contribution in [0.1, 0.15) is 11.6 Å². The lowest BCUT2D eigenvalue weighted by atomic mass is 10.2. The van der Waals surface area contributed by atoms with Gasteiger partial charge in [0.25, 0.3) is 10.0 Å². The van der Waals surface area contributed by atoms with Gasteiger partial charge in [-0.15, -0.1) is 0 Å². The van der Waals surface area contributed by atoms with Crippen molar-refractivity contribution in [3.05, 3.63) is 60.2 Å². The zero-order valence-corrected chi connectivity index (χ0v) is 15.1. The highest BCUT2D eigenvalue weighted by Gasteiger charge is 2.38. The first-order valence-electron chi connectivity index (χ1n) is 7.70. The third-order valence-corrected chi connectivity index (χ3v) is 5.24. The summed E-state index contributed by atoms with van der Waals surface area (Å²) in [5, 5.41) is 3.26. The number of hydroxylamine groups is 1. The molecule has 0 amide bonds. The summed E-state index contributed by atoms with van der Waals surface area (Å²) in [6.45, 7) is -0.214. The molecule has 148 valence electrons. The lowest BCUT2D eigenvalue weighted by Gasteiger charge is -2.19. The molecule has 0 saturated carbocycles. The van der Waals surface area contributed by atoms with Gasteiger partial charge in [0.15, 0.2) is 0 Å². The van der Waals surface area contributed by atoms with Crippen LogP contribution in [0.25, 0.3) is 11.4 Å². The number of pyridine rings is 1. The van der Waals surface area contributed by atoms with Crippen LogP contribution in [0.5, 0.6) is 0 Å². The van der Waals surface area contributed by atoms with Crippen LogP contribution >= 0.6 is 0 Å². The van der Waals surface area contributed by atoms with Gasteiger partial charge in [0.2, 0.25) is 5.82 Å². The quantitative estimate of drug-likeness (QED) is 0.572. The molecule has 2 heterocycles. The van der Waals surface area contributed by atoms with Crippen LogP contribution in [-0.4, -0.2) is 35.1 Å². The molecule has 0 atom stereocenters. The van der Waals surface area contributed by atoms with Gasteiger partial charge in [-0.1, -0.05) is 27.8 Å². The molecule has 0 spiro atoms. The number of aromatic nitrogens is 3. The van der Waals surface area contributed by atoms with Crippen molar-refractivity contribution in [3.8, 4) is 11.4 Å². The monoisotopic (exact) mass is 414 g/mol. The fourth-order valence-electron chi connectivity index (χ4n) is 2.20. The number of hydrogen-bond donors (Lipinski definition) is 0. The summed E-state index contributed by atoms with van der Waals surface area (Å²) < 4.78 is 67.7. The number of halogens is 3. The average molecular weight is 414 g/mol. The second-order valence-electron chi connectivity index (χ2n) is 5.42. The van der Waals surface area contributed by atoms with Crippen molar-refractivity contribution >= 4 is 10.0 Å². The van der Waals surface area contributed by atoms with Gasteiger partial charge >= 0.3 is 12.1 Å². The zero-order chi connectivity index (χ0) is 20.4. The second-order valence-corrected chi connectivity index (χ2v) is 7.25. The van der Waals surface area contributed by atoms with Crippen LogP contribution in [0.15, 0.2) is 58.1 Å². The summed E-state index contributed by atoms with van der Waals surface area (Å²) in [6, 6.07) is 10.5. The Balaban J connectivity index is 1.79. The van der Waals surface area contributed by atoms with Gasteiger partial charge in [-0.3, -0.25) is 9.82 Å². The Morgan fingerprint density at radius 3 is 2.39 bits per heavy atom. The maximum absolute atomic E-state index is 12.6. The largest absolute Gasteiger partial charge is 0.471 e. The first kappa shape index (κ1) is 19.9. The normalized spacial score (nSPS) is 12.5. The lowest BCUT2D eigenvalue weighted by Crippen LogP contribution is -2.30. The van der Waals surface area contributed by atoms with E-state index in [9.17, 15) is 21.6 Å². The van der Waals surface area contributed by atoms with Crippen LogP contribution < -0.4 is 0 Å². The lowest BCUT2D eigenvalue weighted by molar-refractivity contribution is -0.159. The number of rotatable bonds is 6. The molecular formula is C16H13F3N4O4S. The van der Waals surface area contributed by atoms with Crippen molar-refractivity contribution < 1.29 is 30.9 Å². The molecule has 0 aliphatic carbocycles. The fraction of sp³-hybridized carbons (Fsp3) is 0.188. The number of hydrogen-bond acceptors (Lipinski definition) is 7. The first-order valence-corrected chi connectivity index (χ1v) is 9.14. The minimum Gasteiger partial charge on any atom is -0.329 e. The first-order chi connectivity index (χ1) is 13.2. The highest BCUT2D eigenvalue weighted by atomic mass is 32.2. The van der Waals surface area contributed by atoms with Crippen LogP contribution in [-0.2, 0) is 27.6 Å². The number of sulfonamides is 1. The van der Waals surface area contributed by atoms with Gasteiger partial charge < -0.3 is 4.52 Å². The molecule has 0 fully saturated rings. The molecule has 0 aliphatic heterocycles. The van der Waals surface area contributed by atoms with Gasteiger partial charge in [-0.2, -0.15) is 18.2 Å². The molecule has 0 saturated heterocycles. The molecule has 28 heavy (non-hydrogen) atoms. The van der Waals surface area contributed by atoms with E-state index in [0.29, 0.717) is 5.69 Å². The Morgan fingerprint density at radius 2 is 1.86 bits per heavy atom. The summed E-state index contributed by atoms with van der Waals surface area (Å²) >= 11 is 0. The fourth-order valence-corrected chi connectivity index (χ4v) is 3.43. The molecule has 0 N–H and O–H groups in total. The molecule has 1 aromatic carbocycles. The molecule has 12 heteroatoms. The molecule has 8 nitrogen and oxygen atoms in total. The van der Waals surface area contributed by atoms with E-state index in [-0.39, 0.29) is 22.8 Å². The predicted octanol–water partition coefficient (Wildman–Crippen LogP) is 2.90. The van der Waals surface area contributed by atoms with E-state index in [4.69, 9.17) is 4.84 Å². The van der Waals surface area contributed by atoms with E-state index < -0.39 is 22.1 Å². The Labute approximate surface area is 157 Å². The van der Waals surface area contributed by atoms with Crippen molar-refractivity contribution in [1.82, 2.24) is 19.6 Å². The summed E-state index contributed by atoms with van der Waals surface area (Å²) in [6.07, 6.45) is -3.54. The zero-order valence-electron chi connectivity index (χ0n) is 14.3. The standard InChI is InChI=1S/C16H13F3N4O4S/c1-26-23(28(24,25)13-5-3-2-4-6-13)10-12-8-7-11(9-20-12)14-21-15(27-22-14)16(17,18)19/h2-9H,10H2,1H3. The Morgan fingerprint density at radius 1 is 1.14 bits per heavy atom. The SMILES string of the molecule is CON(Cc1ccc(-c2noc(C(F)(F)F)n2)cn1)S(=O)(=O)c1ccccc1. The van der Waals surface area contributed by atoms with Gasteiger partial charge in [0.1, 0.15) is 0 Å². The molecule has 3 aromatic rings. The van der Waals surface area contributed by atoms with Crippen molar-refractivity contribution in [2.24, 2.45) is 0 Å². The van der Waals surface area contributed by atoms with Crippen molar-refractivity contribution in [3.63, 3.8) is 0 Å². The molecule has 0 bridgehead atoms. The third kappa shape index (κ3) is 4.18. The molecular weight excluding hydrogens is 401 g/mol. The van der Waals surface area contributed by atoms with E-state index in [1.165, 1.54) is 37.6 Å². The number of benzene rings is 1. The topological polar surface area (TPSA) is 98.4 Å². The van der Waals surface area contributed by atoms with Crippen molar-refractivity contribution in [2.75, 3.05) is 7.11 Å². The van der Waals surface area contributed by atoms with Gasteiger partial charge in [-0.25, -0.2) is 8.42 Å². The highest BCUT2D eigenvalue weighted by molar-refractivity contribution is 7.89. The minimum absolute atomic E-state index is 0.0416. The smallest absolute Gasteiger partial charge is 0.329 e. The summed E-state index contributed by atoms with van der Waals surface area (Å²) in [5.74, 6) is -1.75. The van der Waals surface area contributed by atoms with Gasteiger partial charge in [-0.05, 0) is 24.3 Å². The van der Waals surface area contributed by atoms with E-state index in [1.807, 2.05) is 0 Å². The maximum Gasteiger partial charge on any atom is 0.471 e.